The van der Waals surface area contributed by atoms with Crippen LogP contribution in [0.4, 0.5) is 0 Å². The molecule has 17 heavy (non-hydrogen) atoms. The maximum Gasteiger partial charge on any atom is 0.330 e. The van der Waals surface area contributed by atoms with Crippen molar-refractivity contribution in [3.8, 4) is 0 Å². The third-order valence-electron chi connectivity index (χ3n) is 2.44. The molecule has 0 unspecified atom stereocenters. The zero-order valence-electron chi connectivity index (χ0n) is 9.98. The monoisotopic (exact) mass is 297 g/mol. The molecule has 3 nitrogen and oxygen atoms in total. The van der Waals surface area contributed by atoms with Crippen LogP contribution in [0.2, 0.25) is 0 Å². The van der Waals surface area contributed by atoms with Gasteiger partial charge in [-0.1, -0.05) is 40.2 Å². The molecule has 1 aromatic rings. The maximum absolute atomic E-state index is 10.6. The van der Waals surface area contributed by atoms with Gasteiger partial charge in [-0.05, 0) is 25.6 Å². The minimum Gasteiger partial charge on any atom is -0.478 e. The van der Waals surface area contributed by atoms with Crippen molar-refractivity contribution in [2.75, 3.05) is 13.6 Å². The lowest BCUT2D eigenvalue weighted by Gasteiger charge is -2.15. The van der Waals surface area contributed by atoms with E-state index in [1.165, 1.54) is 5.56 Å². The Balaban J connectivity index is 2.56. The number of likely N-dealkylation sites (N-methyl/N-ethyl adjacent to an activating group) is 1. The van der Waals surface area contributed by atoms with Gasteiger partial charge >= 0.3 is 5.97 Å². The van der Waals surface area contributed by atoms with E-state index < -0.39 is 5.97 Å². The molecule has 0 radical (unpaired) electrons. The number of carboxylic acids is 1. The first-order chi connectivity index (χ1) is 8.00. The predicted molar refractivity (Wildman–Crippen MR) is 71.9 cm³/mol. The molecule has 0 bridgehead atoms. The first-order valence-corrected chi connectivity index (χ1v) is 6.12. The largest absolute Gasteiger partial charge is 0.478 e. The molecule has 1 aromatic carbocycles. The normalized spacial score (nSPS) is 11.9. The molecule has 0 aliphatic carbocycles. The van der Waals surface area contributed by atoms with Crippen LogP contribution in [-0.2, 0) is 11.3 Å². The Morgan fingerprint density at radius 3 is 2.71 bits per heavy atom. The number of carbonyl (C=O) groups is 1. The third-order valence-corrected chi connectivity index (χ3v) is 3.22. The Labute approximate surface area is 110 Å². The van der Waals surface area contributed by atoms with Crippen LogP contribution in [0.3, 0.4) is 0 Å². The summed E-state index contributed by atoms with van der Waals surface area (Å²) in [6.45, 7) is 3.01. The van der Waals surface area contributed by atoms with Gasteiger partial charge < -0.3 is 5.11 Å². The molecule has 92 valence electrons. The first kappa shape index (κ1) is 13.9. The highest BCUT2D eigenvalue weighted by atomic mass is 79.9. The highest BCUT2D eigenvalue weighted by molar-refractivity contribution is 9.10. The summed E-state index contributed by atoms with van der Waals surface area (Å²) < 4.78 is 1.07. The topological polar surface area (TPSA) is 40.5 Å². The van der Waals surface area contributed by atoms with E-state index in [-0.39, 0.29) is 0 Å². The van der Waals surface area contributed by atoms with Gasteiger partial charge in [-0.15, -0.1) is 0 Å². The maximum atomic E-state index is 10.6. The molecule has 0 aromatic heterocycles. The van der Waals surface area contributed by atoms with Gasteiger partial charge in [0.15, 0.2) is 0 Å². The SMILES string of the molecule is CC(=CCN(C)Cc1ccccc1Br)C(=O)O. The molecule has 0 spiro atoms. The van der Waals surface area contributed by atoms with E-state index in [0.29, 0.717) is 12.1 Å². The van der Waals surface area contributed by atoms with Gasteiger partial charge in [-0.3, -0.25) is 4.90 Å². The zero-order valence-corrected chi connectivity index (χ0v) is 11.6. The number of hydrogen-bond acceptors (Lipinski definition) is 2. The minimum atomic E-state index is -0.862. The highest BCUT2D eigenvalue weighted by Gasteiger charge is 2.04. The van der Waals surface area contributed by atoms with E-state index in [4.69, 9.17) is 5.11 Å². The summed E-state index contributed by atoms with van der Waals surface area (Å²) in [6.07, 6.45) is 1.72. The fourth-order valence-electron chi connectivity index (χ4n) is 1.36. The van der Waals surface area contributed by atoms with Gasteiger partial charge in [-0.25, -0.2) is 4.79 Å². The van der Waals surface area contributed by atoms with Gasteiger partial charge in [0.2, 0.25) is 0 Å². The van der Waals surface area contributed by atoms with Crippen molar-refractivity contribution in [2.24, 2.45) is 0 Å². The van der Waals surface area contributed by atoms with Crippen molar-refractivity contribution in [2.45, 2.75) is 13.5 Å². The summed E-state index contributed by atoms with van der Waals surface area (Å²) in [6, 6.07) is 8.02. The van der Waals surface area contributed by atoms with E-state index >= 15 is 0 Å². The summed E-state index contributed by atoms with van der Waals surface area (Å²) >= 11 is 3.49. The Hall–Kier alpha value is -1.13. The van der Waals surface area contributed by atoms with Crippen LogP contribution in [0, 0.1) is 0 Å². The lowest BCUT2D eigenvalue weighted by atomic mass is 10.2. The number of halogens is 1. The van der Waals surface area contributed by atoms with E-state index in [2.05, 4.69) is 20.8 Å². The summed E-state index contributed by atoms with van der Waals surface area (Å²) in [4.78, 5) is 12.7. The number of benzene rings is 1. The van der Waals surface area contributed by atoms with Crippen molar-refractivity contribution in [3.63, 3.8) is 0 Å². The van der Waals surface area contributed by atoms with Crippen molar-refractivity contribution in [1.29, 1.82) is 0 Å². The molecule has 0 saturated heterocycles. The second kappa shape index (κ2) is 6.57. The number of aliphatic carboxylic acids is 1. The van der Waals surface area contributed by atoms with Crippen LogP contribution in [0.25, 0.3) is 0 Å². The average Bonchev–Trinajstić information content (AvgIpc) is 2.29. The summed E-state index contributed by atoms with van der Waals surface area (Å²) in [5.41, 5.74) is 1.57. The van der Waals surface area contributed by atoms with E-state index in [1.807, 2.05) is 31.3 Å². The van der Waals surface area contributed by atoms with Gasteiger partial charge in [-0.2, -0.15) is 0 Å². The van der Waals surface area contributed by atoms with Gasteiger partial charge in [0, 0.05) is 23.1 Å². The summed E-state index contributed by atoms with van der Waals surface area (Å²) in [5, 5.41) is 8.73. The molecule has 0 aliphatic heterocycles. The van der Waals surface area contributed by atoms with Crippen molar-refractivity contribution in [1.82, 2.24) is 4.90 Å². The second-order valence-electron chi connectivity index (χ2n) is 3.98. The molecule has 0 heterocycles. The zero-order chi connectivity index (χ0) is 12.8. The van der Waals surface area contributed by atoms with Crippen molar-refractivity contribution in [3.05, 3.63) is 46.0 Å². The standard InChI is InChI=1S/C13H16BrNO2/c1-10(13(16)17)7-8-15(2)9-11-5-3-4-6-12(11)14/h3-7H,8-9H2,1-2H3,(H,16,17). The molecule has 4 heteroatoms. The first-order valence-electron chi connectivity index (χ1n) is 5.32. The number of nitrogens with zero attached hydrogens (tertiary/aromatic N) is 1. The van der Waals surface area contributed by atoms with Crippen LogP contribution in [-0.4, -0.2) is 29.6 Å². The van der Waals surface area contributed by atoms with Gasteiger partial charge in [0.1, 0.15) is 0 Å². The smallest absolute Gasteiger partial charge is 0.330 e. The number of hydrogen-bond donors (Lipinski definition) is 1. The molecular formula is C13H16BrNO2. The fourth-order valence-corrected chi connectivity index (χ4v) is 1.77. The molecule has 1 rings (SSSR count). The fraction of sp³-hybridized carbons (Fsp3) is 0.308. The lowest BCUT2D eigenvalue weighted by Crippen LogP contribution is -2.18. The number of rotatable bonds is 5. The highest BCUT2D eigenvalue weighted by Crippen LogP contribution is 2.17. The van der Waals surface area contributed by atoms with Crippen molar-refractivity contribution >= 4 is 21.9 Å². The van der Waals surface area contributed by atoms with Crippen LogP contribution < -0.4 is 0 Å². The molecular weight excluding hydrogens is 282 g/mol. The van der Waals surface area contributed by atoms with Crippen LogP contribution in [0.1, 0.15) is 12.5 Å². The molecule has 1 N–H and O–H groups in total. The Morgan fingerprint density at radius 2 is 2.12 bits per heavy atom. The molecule has 0 atom stereocenters. The Kier molecular flexibility index (Phi) is 5.38. The molecule has 0 saturated carbocycles. The van der Waals surface area contributed by atoms with Crippen LogP contribution in [0.5, 0.6) is 0 Å². The van der Waals surface area contributed by atoms with E-state index in [9.17, 15) is 4.79 Å². The Bertz CT molecular complexity index is 429. The molecule has 0 amide bonds. The summed E-state index contributed by atoms with van der Waals surface area (Å²) in [5.74, 6) is -0.862. The number of carboxylic acid groups (broad SMARTS) is 1. The van der Waals surface area contributed by atoms with Crippen molar-refractivity contribution < 1.29 is 9.90 Å². The second-order valence-corrected chi connectivity index (χ2v) is 4.83. The lowest BCUT2D eigenvalue weighted by molar-refractivity contribution is -0.132. The predicted octanol–water partition coefficient (Wildman–Crippen LogP) is 2.91. The van der Waals surface area contributed by atoms with Gasteiger partial charge in [0.25, 0.3) is 0 Å². The molecule has 0 aliphatic rings. The van der Waals surface area contributed by atoms with Crippen LogP contribution >= 0.6 is 15.9 Å². The van der Waals surface area contributed by atoms with E-state index in [0.717, 1.165) is 11.0 Å². The summed E-state index contributed by atoms with van der Waals surface area (Å²) in [7, 11) is 1.96. The Morgan fingerprint density at radius 1 is 1.47 bits per heavy atom. The molecule has 0 fully saturated rings. The van der Waals surface area contributed by atoms with Gasteiger partial charge in [0.05, 0.1) is 0 Å². The van der Waals surface area contributed by atoms with E-state index in [1.54, 1.807) is 13.0 Å². The quantitative estimate of drug-likeness (QED) is 0.850. The minimum absolute atomic E-state index is 0.379. The third kappa shape index (κ3) is 4.71. The van der Waals surface area contributed by atoms with Crippen LogP contribution in [0.15, 0.2) is 40.4 Å². The average molecular weight is 298 g/mol.